The van der Waals surface area contributed by atoms with E-state index in [1.807, 2.05) is 62.3 Å². The number of fused-ring (bicyclic) bond motifs is 2. The lowest BCUT2D eigenvalue weighted by atomic mass is 9.90. The summed E-state index contributed by atoms with van der Waals surface area (Å²) in [6.45, 7) is 8.72. The minimum Gasteiger partial charge on any atom is -0.481 e. The predicted molar refractivity (Wildman–Crippen MR) is 183 cm³/mol. The van der Waals surface area contributed by atoms with Gasteiger partial charge in [-0.2, -0.15) is 5.26 Å². The molecule has 0 aliphatic carbocycles. The highest BCUT2D eigenvalue weighted by Gasteiger charge is 2.40. The molecule has 1 N–H and O–H groups in total. The normalized spacial score (nSPS) is 17.6. The number of hydrogen-bond acceptors (Lipinski definition) is 9. The molecule has 2 aliphatic heterocycles. The van der Waals surface area contributed by atoms with Gasteiger partial charge in [0.1, 0.15) is 23.0 Å². The van der Waals surface area contributed by atoms with Gasteiger partial charge in [0.15, 0.2) is 5.58 Å². The lowest BCUT2D eigenvalue weighted by Crippen LogP contribution is -2.34. The van der Waals surface area contributed by atoms with Crippen LogP contribution in [0.25, 0.3) is 45.1 Å². The Morgan fingerprint density at radius 3 is 2.22 bits per heavy atom. The number of aliphatic carboxylic acids is 1. The van der Waals surface area contributed by atoms with Crippen molar-refractivity contribution >= 4 is 23.0 Å². The maximum absolute atomic E-state index is 12.6. The number of nitriles is 1. The van der Waals surface area contributed by atoms with Crippen LogP contribution >= 0.6 is 0 Å². The summed E-state index contributed by atoms with van der Waals surface area (Å²) in [6, 6.07) is 18.1. The maximum Gasteiger partial charge on any atom is 0.310 e. The molecule has 11 heteroatoms. The summed E-state index contributed by atoms with van der Waals surface area (Å²) in [5, 5.41) is 19.6. The molecule has 0 radical (unpaired) electrons. The third-order valence-electron chi connectivity index (χ3n) is 9.82. The second-order valence-electron chi connectivity index (χ2n) is 13.8. The Bertz CT molecular complexity index is 2150. The second kappa shape index (κ2) is 12.3. The number of amides is 1. The summed E-state index contributed by atoms with van der Waals surface area (Å²) in [4.78, 5) is 39.7. The van der Waals surface area contributed by atoms with Gasteiger partial charge in [0.25, 0.3) is 0 Å². The highest BCUT2D eigenvalue weighted by molar-refractivity contribution is 5.85. The number of likely N-dealkylation sites (N-methyl/N-ethyl adjacent to an activating group) is 1. The molecule has 4 heterocycles. The molecule has 250 valence electrons. The summed E-state index contributed by atoms with van der Waals surface area (Å²) in [5.74, 6) is 0.946. The highest BCUT2D eigenvalue weighted by Crippen LogP contribution is 2.39. The maximum atomic E-state index is 12.6. The first kappa shape index (κ1) is 32.2. The second-order valence-corrected chi connectivity index (χ2v) is 13.8. The smallest absolute Gasteiger partial charge is 0.310 e. The van der Waals surface area contributed by atoms with Gasteiger partial charge in [0, 0.05) is 24.2 Å². The Morgan fingerprint density at radius 2 is 1.63 bits per heavy atom. The summed E-state index contributed by atoms with van der Waals surface area (Å²) >= 11 is 0. The summed E-state index contributed by atoms with van der Waals surface area (Å²) in [6.07, 6.45) is 0.583. The van der Waals surface area contributed by atoms with E-state index in [1.54, 1.807) is 11.8 Å². The minimum atomic E-state index is -0.786. The van der Waals surface area contributed by atoms with Crippen molar-refractivity contribution in [3.05, 3.63) is 82.2 Å². The van der Waals surface area contributed by atoms with Crippen LogP contribution in [0.2, 0.25) is 0 Å². The Morgan fingerprint density at radius 1 is 0.980 bits per heavy atom. The zero-order chi connectivity index (χ0) is 34.6. The van der Waals surface area contributed by atoms with Crippen molar-refractivity contribution < 1.29 is 23.5 Å². The first-order valence-corrected chi connectivity index (χ1v) is 16.3. The summed E-state index contributed by atoms with van der Waals surface area (Å²) in [7, 11) is 3.75. The Labute approximate surface area is 284 Å². The predicted octanol–water partition coefficient (Wildman–Crippen LogP) is 6.01. The SMILES string of the molecule is Cc1c(-c2nc3c(o2)CN(C(=O)CN(C)C)C3)cccc1-c1cccc(-c2nc3cc(CN4CCC(C)(C(=O)O)C4)cc(C#N)c3o2)c1C. The number of rotatable bonds is 8. The van der Waals surface area contributed by atoms with Crippen LogP contribution in [0.4, 0.5) is 0 Å². The molecule has 49 heavy (non-hydrogen) atoms. The van der Waals surface area contributed by atoms with Crippen LogP contribution in [-0.4, -0.2) is 75.4 Å². The van der Waals surface area contributed by atoms with Gasteiger partial charge < -0.3 is 23.7 Å². The van der Waals surface area contributed by atoms with Crippen molar-refractivity contribution in [3.63, 3.8) is 0 Å². The third-order valence-corrected chi connectivity index (χ3v) is 9.82. The first-order chi connectivity index (χ1) is 23.4. The standard InChI is InChI=1S/C38H38N6O5/c1-22-26(8-6-10-28(22)35-41-31-18-44(19-32(31)48-35)33(45)20-42(4)5)27-9-7-11-29(23(27)2)36-40-30-15-24(14-25(16-39)34(30)49-36)17-43-13-12-38(3,21-43)37(46)47/h6-11,14-15H,12-13,17-21H2,1-5H3,(H,46,47). The first-order valence-electron chi connectivity index (χ1n) is 16.3. The van der Waals surface area contributed by atoms with Gasteiger partial charge in [-0.3, -0.25) is 14.5 Å². The fraction of sp³-hybridized carbons (Fsp3) is 0.342. The van der Waals surface area contributed by atoms with Crippen LogP contribution in [-0.2, 0) is 29.2 Å². The number of benzene rings is 3. The Kier molecular flexibility index (Phi) is 8.09. The average Bonchev–Trinajstić information content (AvgIpc) is 3.84. The molecule has 2 aliphatic rings. The van der Waals surface area contributed by atoms with Crippen LogP contribution in [0, 0.1) is 30.6 Å². The Balaban J connectivity index is 1.17. The third kappa shape index (κ3) is 5.87. The van der Waals surface area contributed by atoms with Gasteiger partial charge in [0.2, 0.25) is 17.7 Å². The average molecular weight is 659 g/mol. The van der Waals surface area contributed by atoms with Gasteiger partial charge in [0.05, 0.1) is 30.6 Å². The lowest BCUT2D eigenvalue weighted by molar-refractivity contribution is -0.147. The molecule has 1 saturated heterocycles. The van der Waals surface area contributed by atoms with E-state index >= 15 is 0 Å². The molecule has 1 amide bonds. The highest BCUT2D eigenvalue weighted by atomic mass is 16.4. The van der Waals surface area contributed by atoms with Crippen molar-refractivity contribution in [1.29, 1.82) is 5.26 Å². The van der Waals surface area contributed by atoms with Crippen molar-refractivity contribution in [3.8, 4) is 40.1 Å². The monoisotopic (exact) mass is 658 g/mol. The molecule has 3 aromatic carbocycles. The number of hydrogen-bond donors (Lipinski definition) is 1. The van der Waals surface area contributed by atoms with Crippen molar-refractivity contribution in [1.82, 2.24) is 24.7 Å². The number of oxazole rings is 2. The number of carboxylic acid groups (broad SMARTS) is 1. The van der Waals surface area contributed by atoms with Gasteiger partial charge >= 0.3 is 5.97 Å². The molecular weight excluding hydrogens is 620 g/mol. The molecule has 5 aromatic rings. The number of likely N-dealkylation sites (tertiary alicyclic amines) is 1. The van der Waals surface area contributed by atoms with Gasteiger partial charge in [-0.25, -0.2) is 9.97 Å². The van der Waals surface area contributed by atoms with Crippen LogP contribution in [0.15, 0.2) is 57.4 Å². The van der Waals surface area contributed by atoms with Crippen LogP contribution in [0.5, 0.6) is 0 Å². The van der Waals surface area contributed by atoms with Crippen LogP contribution < -0.4 is 0 Å². The topological polar surface area (TPSA) is 140 Å². The summed E-state index contributed by atoms with van der Waals surface area (Å²) in [5.41, 5.74) is 8.05. The molecule has 0 spiro atoms. The molecular formula is C38H38N6O5. The van der Waals surface area contributed by atoms with E-state index in [9.17, 15) is 20.0 Å². The van der Waals surface area contributed by atoms with E-state index in [0.29, 0.717) is 74.1 Å². The van der Waals surface area contributed by atoms with Gasteiger partial charge in [-0.05, 0) is 99.9 Å². The van der Waals surface area contributed by atoms with Gasteiger partial charge in [-0.1, -0.05) is 24.3 Å². The molecule has 1 atom stereocenters. The van der Waals surface area contributed by atoms with E-state index in [-0.39, 0.29) is 5.91 Å². The molecule has 11 nitrogen and oxygen atoms in total. The molecule has 1 fully saturated rings. The largest absolute Gasteiger partial charge is 0.481 e. The van der Waals surface area contributed by atoms with Crippen molar-refractivity contribution in [2.45, 2.75) is 46.8 Å². The number of carbonyl (C=O) groups excluding carboxylic acids is 1. The molecule has 1 unspecified atom stereocenters. The van der Waals surface area contributed by atoms with E-state index < -0.39 is 11.4 Å². The number of carboxylic acids is 1. The zero-order valence-corrected chi connectivity index (χ0v) is 28.3. The zero-order valence-electron chi connectivity index (χ0n) is 28.3. The van der Waals surface area contributed by atoms with Gasteiger partial charge in [-0.15, -0.1) is 0 Å². The molecule has 0 bridgehead atoms. The molecule has 0 saturated carbocycles. The fourth-order valence-electron chi connectivity index (χ4n) is 7.03. The quantitative estimate of drug-likeness (QED) is 0.211. The van der Waals surface area contributed by atoms with Crippen molar-refractivity contribution in [2.75, 3.05) is 33.7 Å². The van der Waals surface area contributed by atoms with Crippen LogP contribution in [0.1, 0.15) is 47.1 Å². The molecule has 2 aromatic heterocycles. The van der Waals surface area contributed by atoms with Crippen LogP contribution in [0.3, 0.4) is 0 Å². The number of nitrogens with zero attached hydrogens (tertiary/aromatic N) is 6. The number of aromatic nitrogens is 2. The number of carbonyl (C=O) groups is 2. The van der Waals surface area contributed by atoms with E-state index in [2.05, 4.69) is 30.0 Å². The fourth-order valence-corrected chi connectivity index (χ4v) is 7.03. The minimum absolute atomic E-state index is 0.0451. The van der Waals surface area contributed by atoms with E-state index in [1.165, 1.54) is 0 Å². The van der Waals surface area contributed by atoms with E-state index in [4.69, 9.17) is 18.8 Å². The molecule has 7 rings (SSSR count). The lowest BCUT2D eigenvalue weighted by Gasteiger charge is -2.20. The summed E-state index contributed by atoms with van der Waals surface area (Å²) < 4.78 is 12.5. The van der Waals surface area contributed by atoms with Crippen molar-refractivity contribution in [2.24, 2.45) is 5.41 Å². The van der Waals surface area contributed by atoms with E-state index in [0.717, 1.165) is 50.4 Å². The Hall–Kier alpha value is -5.31.